The Morgan fingerprint density at radius 3 is 2.44 bits per heavy atom. The number of amides is 2. The molecule has 1 rings (SSSR count). The first-order valence-corrected chi connectivity index (χ1v) is 6.77. The van der Waals surface area contributed by atoms with E-state index < -0.39 is 0 Å². The third-order valence-electron chi connectivity index (χ3n) is 3.00. The molecular weight excluding hydrogens is 230 g/mol. The van der Waals surface area contributed by atoms with Gasteiger partial charge in [-0.05, 0) is 37.6 Å². The van der Waals surface area contributed by atoms with Gasteiger partial charge >= 0.3 is 0 Å². The maximum atomic E-state index is 11.7. The summed E-state index contributed by atoms with van der Waals surface area (Å²) in [6.45, 7) is 4.82. The molecule has 0 heterocycles. The van der Waals surface area contributed by atoms with Gasteiger partial charge < -0.3 is 16.4 Å². The van der Waals surface area contributed by atoms with Gasteiger partial charge in [0.25, 0.3) is 0 Å². The predicted molar refractivity (Wildman–Crippen MR) is 70.8 cm³/mol. The molecule has 2 amide bonds. The van der Waals surface area contributed by atoms with Crippen LogP contribution in [-0.2, 0) is 9.59 Å². The molecule has 0 aromatic rings. The van der Waals surface area contributed by atoms with Gasteiger partial charge in [0.2, 0.25) is 11.8 Å². The SMILES string of the molecule is CC(C)C[C@H](CN)CC(=O)NCC(=O)NC1CC1. The predicted octanol–water partition coefficient (Wildman–Crippen LogP) is 0.392. The minimum atomic E-state index is -0.0981. The summed E-state index contributed by atoms with van der Waals surface area (Å²) in [6.07, 6.45) is 3.47. The topological polar surface area (TPSA) is 84.2 Å². The zero-order chi connectivity index (χ0) is 13.5. The van der Waals surface area contributed by atoms with Crippen LogP contribution in [0.5, 0.6) is 0 Å². The molecule has 104 valence electrons. The lowest BCUT2D eigenvalue weighted by Gasteiger charge is -2.16. The number of nitrogens with two attached hydrogens (primary N) is 1. The lowest BCUT2D eigenvalue weighted by atomic mass is 9.94. The molecule has 1 saturated carbocycles. The summed E-state index contributed by atoms with van der Waals surface area (Å²) >= 11 is 0. The van der Waals surface area contributed by atoms with Gasteiger partial charge in [-0.25, -0.2) is 0 Å². The quantitative estimate of drug-likeness (QED) is 0.586. The van der Waals surface area contributed by atoms with Crippen LogP contribution in [0.25, 0.3) is 0 Å². The maximum Gasteiger partial charge on any atom is 0.239 e. The molecule has 0 unspecified atom stereocenters. The van der Waals surface area contributed by atoms with Gasteiger partial charge in [0.15, 0.2) is 0 Å². The van der Waals surface area contributed by atoms with Crippen LogP contribution in [-0.4, -0.2) is 30.9 Å². The minimum absolute atomic E-state index is 0.0777. The smallest absolute Gasteiger partial charge is 0.239 e. The Hall–Kier alpha value is -1.10. The molecule has 5 heteroatoms. The highest BCUT2D eigenvalue weighted by Crippen LogP contribution is 2.18. The monoisotopic (exact) mass is 255 g/mol. The molecule has 0 aliphatic heterocycles. The van der Waals surface area contributed by atoms with Crippen LogP contribution >= 0.6 is 0 Å². The van der Waals surface area contributed by atoms with Crippen LogP contribution in [0.4, 0.5) is 0 Å². The van der Waals surface area contributed by atoms with Crippen molar-refractivity contribution in [1.82, 2.24) is 10.6 Å². The lowest BCUT2D eigenvalue weighted by Crippen LogP contribution is -2.38. The number of carbonyl (C=O) groups excluding carboxylic acids is 2. The number of rotatable bonds is 8. The summed E-state index contributed by atoms with van der Waals surface area (Å²) in [7, 11) is 0. The summed E-state index contributed by atoms with van der Waals surface area (Å²) in [4.78, 5) is 23.0. The molecule has 1 fully saturated rings. The molecule has 0 aromatic heterocycles. The summed E-state index contributed by atoms with van der Waals surface area (Å²) < 4.78 is 0. The molecule has 4 N–H and O–H groups in total. The van der Waals surface area contributed by atoms with E-state index in [1.807, 2.05) is 0 Å². The maximum absolute atomic E-state index is 11.7. The second-order valence-corrected chi connectivity index (χ2v) is 5.55. The van der Waals surface area contributed by atoms with E-state index in [1.165, 1.54) is 0 Å². The first kappa shape index (κ1) is 15.0. The van der Waals surface area contributed by atoms with Gasteiger partial charge in [-0.3, -0.25) is 9.59 Å². The summed E-state index contributed by atoms with van der Waals surface area (Å²) in [5, 5.41) is 5.48. The van der Waals surface area contributed by atoms with E-state index in [9.17, 15) is 9.59 Å². The fourth-order valence-corrected chi connectivity index (χ4v) is 1.95. The van der Waals surface area contributed by atoms with Crippen LogP contribution in [0.2, 0.25) is 0 Å². The highest BCUT2D eigenvalue weighted by molar-refractivity contribution is 5.85. The fourth-order valence-electron chi connectivity index (χ4n) is 1.95. The van der Waals surface area contributed by atoms with Crippen molar-refractivity contribution in [3.8, 4) is 0 Å². The zero-order valence-corrected chi connectivity index (χ0v) is 11.4. The molecule has 0 spiro atoms. The van der Waals surface area contributed by atoms with E-state index in [2.05, 4.69) is 24.5 Å². The molecule has 1 aliphatic carbocycles. The second-order valence-electron chi connectivity index (χ2n) is 5.55. The molecular formula is C13H25N3O2. The Balaban J connectivity index is 2.16. The van der Waals surface area contributed by atoms with Crippen molar-refractivity contribution in [2.24, 2.45) is 17.6 Å². The van der Waals surface area contributed by atoms with Crippen molar-refractivity contribution in [3.05, 3.63) is 0 Å². The standard InChI is InChI=1S/C13H25N3O2/c1-9(2)5-10(7-14)6-12(17)15-8-13(18)16-11-3-4-11/h9-11H,3-8,14H2,1-2H3,(H,15,17)(H,16,18)/t10-/m0/s1. The van der Waals surface area contributed by atoms with Crippen molar-refractivity contribution in [3.63, 3.8) is 0 Å². The fraction of sp³-hybridized carbons (Fsp3) is 0.846. The van der Waals surface area contributed by atoms with Crippen molar-refractivity contribution < 1.29 is 9.59 Å². The average Bonchev–Trinajstić information content (AvgIpc) is 3.08. The van der Waals surface area contributed by atoms with Gasteiger partial charge in [0, 0.05) is 12.5 Å². The van der Waals surface area contributed by atoms with Gasteiger partial charge in [0.1, 0.15) is 0 Å². The molecule has 18 heavy (non-hydrogen) atoms. The van der Waals surface area contributed by atoms with E-state index in [1.54, 1.807) is 0 Å². The van der Waals surface area contributed by atoms with Gasteiger partial charge in [-0.1, -0.05) is 13.8 Å². The number of carbonyl (C=O) groups is 2. The Morgan fingerprint density at radius 1 is 1.28 bits per heavy atom. The zero-order valence-electron chi connectivity index (χ0n) is 11.4. The Labute approximate surface area is 109 Å². The van der Waals surface area contributed by atoms with E-state index in [-0.39, 0.29) is 24.3 Å². The third kappa shape index (κ3) is 6.59. The summed E-state index contributed by atoms with van der Waals surface area (Å²) in [5.74, 6) is 0.553. The molecule has 0 saturated heterocycles. The van der Waals surface area contributed by atoms with Crippen molar-refractivity contribution in [2.75, 3.05) is 13.1 Å². The summed E-state index contributed by atoms with van der Waals surface area (Å²) in [6, 6.07) is 0.340. The normalized spacial score (nSPS) is 16.4. The number of nitrogens with one attached hydrogen (secondary N) is 2. The Kier molecular flexibility index (Phi) is 6.12. The van der Waals surface area contributed by atoms with E-state index >= 15 is 0 Å². The lowest BCUT2D eigenvalue weighted by molar-refractivity contribution is -0.126. The highest BCUT2D eigenvalue weighted by atomic mass is 16.2. The highest BCUT2D eigenvalue weighted by Gasteiger charge is 2.23. The van der Waals surface area contributed by atoms with Crippen LogP contribution in [0, 0.1) is 11.8 Å². The third-order valence-corrected chi connectivity index (χ3v) is 3.00. The molecule has 0 radical (unpaired) electrons. The molecule has 0 bridgehead atoms. The molecule has 5 nitrogen and oxygen atoms in total. The van der Waals surface area contributed by atoms with Gasteiger partial charge in [-0.2, -0.15) is 0 Å². The van der Waals surface area contributed by atoms with Crippen molar-refractivity contribution in [1.29, 1.82) is 0 Å². The Morgan fingerprint density at radius 2 is 1.94 bits per heavy atom. The largest absolute Gasteiger partial charge is 0.352 e. The van der Waals surface area contributed by atoms with Gasteiger partial charge in [0.05, 0.1) is 6.54 Å². The average molecular weight is 255 g/mol. The van der Waals surface area contributed by atoms with Crippen LogP contribution in [0.3, 0.4) is 0 Å². The number of hydrogen-bond donors (Lipinski definition) is 3. The van der Waals surface area contributed by atoms with Crippen molar-refractivity contribution in [2.45, 2.75) is 45.6 Å². The van der Waals surface area contributed by atoms with Gasteiger partial charge in [-0.15, -0.1) is 0 Å². The summed E-state index contributed by atoms with van der Waals surface area (Å²) in [5.41, 5.74) is 5.64. The molecule has 1 aliphatic rings. The molecule has 1 atom stereocenters. The second kappa shape index (κ2) is 7.36. The molecule has 0 aromatic carbocycles. The van der Waals surface area contributed by atoms with Crippen LogP contribution < -0.4 is 16.4 Å². The first-order chi connectivity index (χ1) is 8.51. The van der Waals surface area contributed by atoms with E-state index in [0.717, 1.165) is 19.3 Å². The van der Waals surface area contributed by atoms with Crippen LogP contribution in [0.15, 0.2) is 0 Å². The minimum Gasteiger partial charge on any atom is -0.352 e. The van der Waals surface area contributed by atoms with Crippen LogP contribution in [0.1, 0.15) is 39.5 Å². The van der Waals surface area contributed by atoms with E-state index in [0.29, 0.717) is 24.9 Å². The first-order valence-electron chi connectivity index (χ1n) is 6.77. The van der Waals surface area contributed by atoms with Crippen molar-refractivity contribution >= 4 is 11.8 Å². The van der Waals surface area contributed by atoms with E-state index in [4.69, 9.17) is 5.73 Å². The number of hydrogen-bond acceptors (Lipinski definition) is 3. The Bertz CT molecular complexity index is 288.